The highest BCUT2D eigenvalue weighted by Crippen LogP contribution is 2.38. The molecule has 1 aromatic carbocycles. The molecule has 2 aromatic rings. The Hall–Kier alpha value is -2.37. The lowest BCUT2D eigenvalue weighted by atomic mass is 9.96. The van der Waals surface area contributed by atoms with E-state index in [1.54, 1.807) is 0 Å². The second-order valence-electron chi connectivity index (χ2n) is 8.33. The Morgan fingerprint density at radius 2 is 2.04 bits per heavy atom. The monoisotopic (exact) mass is 366 g/mol. The van der Waals surface area contributed by atoms with Crippen LogP contribution in [-0.4, -0.2) is 45.0 Å². The van der Waals surface area contributed by atoms with Gasteiger partial charge < -0.3 is 9.64 Å². The van der Waals surface area contributed by atoms with Crippen LogP contribution < -0.4 is 4.74 Å². The molecule has 5 rings (SSSR count). The molecule has 0 spiro atoms. The van der Waals surface area contributed by atoms with Crippen molar-refractivity contribution in [2.24, 2.45) is 5.92 Å². The maximum atomic E-state index is 12.9. The SMILES string of the molecule is CC1Cc2cc(C(=O)N3CCC(Cn4cc(C5CC5)nn4)CC3)ccc2O1. The number of hydrogen-bond donors (Lipinski definition) is 0. The van der Waals surface area contributed by atoms with E-state index < -0.39 is 0 Å². The number of carbonyl (C=O) groups excluding carboxylic acids is 1. The molecule has 6 nitrogen and oxygen atoms in total. The van der Waals surface area contributed by atoms with E-state index in [4.69, 9.17) is 4.74 Å². The molecule has 1 amide bonds. The fourth-order valence-corrected chi connectivity index (χ4v) is 4.29. The van der Waals surface area contributed by atoms with Crippen molar-refractivity contribution in [1.29, 1.82) is 0 Å². The van der Waals surface area contributed by atoms with Crippen LogP contribution in [0.3, 0.4) is 0 Å². The van der Waals surface area contributed by atoms with Gasteiger partial charge in [0.15, 0.2) is 0 Å². The number of carbonyl (C=O) groups is 1. The van der Waals surface area contributed by atoms with E-state index in [-0.39, 0.29) is 12.0 Å². The van der Waals surface area contributed by atoms with Crippen molar-refractivity contribution in [3.63, 3.8) is 0 Å². The number of aromatic nitrogens is 3. The van der Waals surface area contributed by atoms with Gasteiger partial charge in [-0.3, -0.25) is 9.48 Å². The van der Waals surface area contributed by atoms with Crippen molar-refractivity contribution in [3.8, 4) is 5.75 Å². The molecule has 0 N–H and O–H groups in total. The predicted molar refractivity (Wildman–Crippen MR) is 101 cm³/mol. The Labute approximate surface area is 159 Å². The van der Waals surface area contributed by atoms with Crippen LogP contribution in [0.5, 0.6) is 5.75 Å². The summed E-state index contributed by atoms with van der Waals surface area (Å²) in [6, 6.07) is 5.86. The van der Waals surface area contributed by atoms with E-state index in [9.17, 15) is 4.79 Å². The average Bonchev–Trinajstić information content (AvgIpc) is 3.31. The fraction of sp³-hybridized carbons (Fsp3) is 0.571. The highest BCUT2D eigenvalue weighted by molar-refractivity contribution is 5.94. The highest BCUT2D eigenvalue weighted by atomic mass is 16.5. The molecule has 3 heterocycles. The number of benzene rings is 1. The number of nitrogens with zero attached hydrogens (tertiary/aromatic N) is 4. The van der Waals surface area contributed by atoms with E-state index in [0.29, 0.717) is 11.8 Å². The lowest BCUT2D eigenvalue weighted by Crippen LogP contribution is -2.39. The number of fused-ring (bicyclic) bond motifs is 1. The van der Waals surface area contributed by atoms with Crippen LogP contribution in [0.25, 0.3) is 0 Å². The lowest BCUT2D eigenvalue weighted by Gasteiger charge is -2.32. The minimum Gasteiger partial charge on any atom is -0.490 e. The Balaban J connectivity index is 1.17. The molecule has 1 atom stereocenters. The molecule has 27 heavy (non-hydrogen) atoms. The molecular formula is C21H26N4O2. The van der Waals surface area contributed by atoms with Gasteiger partial charge in [0, 0.05) is 43.7 Å². The van der Waals surface area contributed by atoms with Crippen LogP contribution in [-0.2, 0) is 13.0 Å². The Morgan fingerprint density at radius 3 is 2.81 bits per heavy atom. The summed E-state index contributed by atoms with van der Waals surface area (Å²) in [6.07, 6.45) is 7.77. The molecule has 0 bridgehead atoms. The molecule has 142 valence electrons. The van der Waals surface area contributed by atoms with Crippen LogP contribution in [0.15, 0.2) is 24.4 Å². The van der Waals surface area contributed by atoms with Gasteiger partial charge >= 0.3 is 0 Å². The van der Waals surface area contributed by atoms with Crippen molar-refractivity contribution in [2.45, 2.75) is 57.6 Å². The van der Waals surface area contributed by atoms with Crippen molar-refractivity contribution < 1.29 is 9.53 Å². The topological polar surface area (TPSA) is 60.2 Å². The average molecular weight is 366 g/mol. The maximum absolute atomic E-state index is 12.9. The summed E-state index contributed by atoms with van der Waals surface area (Å²) in [4.78, 5) is 14.9. The summed E-state index contributed by atoms with van der Waals surface area (Å²) in [5, 5.41) is 8.59. The first-order chi connectivity index (χ1) is 13.2. The fourth-order valence-electron chi connectivity index (χ4n) is 4.29. The first kappa shape index (κ1) is 16.8. The zero-order valence-electron chi connectivity index (χ0n) is 15.8. The summed E-state index contributed by atoms with van der Waals surface area (Å²) < 4.78 is 7.74. The summed E-state index contributed by atoms with van der Waals surface area (Å²) in [5.41, 5.74) is 3.09. The van der Waals surface area contributed by atoms with Crippen molar-refractivity contribution in [1.82, 2.24) is 19.9 Å². The van der Waals surface area contributed by atoms with Crippen LogP contribution in [0.2, 0.25) is 0 Å². The van der Waals surface area contributed by atoms with Crippen molar-refractivity contribution >= 4 is 5.91 Å². The zero-order valence-corrected chi connectivity index (χ0v) is 15.8. The number of amides is 1. The second-order valence-corrected chi connectivity index (χ2v) is 8.33. The van der Waals surface area contributed by atoms with E-state index in [2.05, 4.69) is 23.4 Å². The Kier molecular flexibility index (Phi) is 4.14. The maximum Gasteiger partial charge on any atom is 0.253 e. The molecule has 1 unspecified atom stereocenters. The van der Waals surface area contributed by atoms with Crippen LogP contribution in [0.4, 0.5) is 0 Å². The smallest absolute Gasteiger partial charge is 0.253 e. The van der Waals surface area contributed by atoms with Gasteiger partial charge in [0.1, 0.15) is 11.9 Å². The van der Waals surface area contributed by atoms with Gasteiger partial charge in [0.25, 0.3) is 5.91 Å². The van der Waals surface area contributed by atoms with E-state index in [1.165, 1.54) is 12.8 Å². The molecular weight excluding hydrogens is 340 g/mol. The molecule has 1 aromatic heterocycles. The van der Waals surface area contributed by atoms with Gasteiger partial charge in [-0.2, -0.15) is 0 Å². The summed E-state index contributed by atoms with van der Waals surface area (Å²) >= 11 is 0. The van der Waals surface area contributed by atoms with Gasteiger partial charge in [-0.1, -0.05) is 5.21 Å². The van der Waals surface area contributed by atoms with Crippen LogP contribution >= 0.6 is 0 Å². The van der Waals surface area contributed by atoms with Gasteiger partial charge in [0.05, 0.1) is 5.69 Å². The third-order valence-corrected chi connectivity index (χ3v) is 6.04. The molecule has 1 saturated heterocycles. The molecule has 2 fully saturated rings. The van der Waals surface area contributed by atoms with Gasteiger partial charge in [-0.05, 0) is 62.3 Å². The molecule has 3 aliphatic rings. The number of ether oxygens (including phenoxy) is 1. The molecule has 0 radical (unpaired) electrons. The first-order valence-electron chi connectivity index (χ1n) is 10.1. The van der Waals surface area contributed by atoms with E-state index in [0.717, 1.165) is 61.5 Å². The quantitative estimate of drug-likeness (QED) is 0.834. The highest BCUT2D eigenvalue weighted by Gasteiger charge is 2.28. The van der Waals surface area contributed by atoms with Crippen molar-refractivity contribution in [2.75, 3.05) is 13.1 Å². The summed E-state index contributed by atoms with van der Waals surface area (Å²) in [6.45, 7) is 4.61. The zero-order chi connectivity index (χ0) is 18.4. The largest absolute Gasteiger partial charge is 0.490 e. The normalized spacial score (nSPS) is 22.6. The van der Waals surface area contributed by atoms with Gasteiger partial charge in [0.2, 0.25) is 0 Å². The second kappa shape index (κ2) is 6.66. The van der Waals surface area contributed by atoms with Gasteiger partial charge in [-0.15, -0.1) is 5.10 Å². The minimum absolute atomic E-state index is 0.146. The molecule has 6 heteroatoms. The van der Waals surface area contributed by atoms with E-state index >= 15 is 0 Å². The minimum atomic E-state index is 0.146. The molecule has 1 saturated carbocycles. The first-order valence-corrected chi connectivity index (χ1v) is 10.1. The third-order valence-electron chi connectivity index (χ3n) is 6.04. The summed E-state index contributed by atoms with van der Waals surface area (Å²) in [7, 11) is 0. The standard InChI is InChI=1S/C21H26N4O2/c1-14-10-18-11-17(4-5-20(18)27-14)21(26)24-8-6-15(7-9-24)12-25-13-19(22-23-25)16-2-3-16/h4-5,11,13-16H,2-3,6-10,12H2,1H3. The molecule has 2 aliphatic heterocycles. The number of hydrogen-bond acceptors (Lipinski definition) is 4. The Bertz CT molecular complexity index is 850. The summed E-state index contributed by atoms with van der Waals surface area (Å²) in [5.74, 6) is 2.29. The number of piperidine rings is 1. The number of rotatable bonds is 4. The van der Waals surface area contributed by atoms with Crippen LogP contribution in [0.1, 0.15) is 60.1 Å². The predicted octanol–water partition coefficient (Wildman–Crippen LogP) is 3.03. The van der Waals surface area contributed by atoms with Crippen molar-refractivity contribution in [3.05, 3.63) is 41.2 Å². The third kappa shape index (κ3) is 3.45. The Morgan fingerprint density at radius 1 is 1.22 bits per heavy atom. The van der Waals surface area contributed by atoms with E-state index in [1.807, 2.05) is 27.8 Å². The van der Waals surface area contributed by atoms with Crippen LogP contribution in [0, 0.1) is 5.92 Å². The lowest BCUT2D eigenvalue weighted by molar-refractivity contribution is 0.0681. The molecule has 1 aliphatic carbocycles. The van der Waals surface area contributed by atoms with Gasteiger partial charge in [-0.25, -0.2) is 0 Å². The number of likely N-dealkylation sites (tertiary alicyclic amines) is 1.